The molecule has 2 heteroatoms. The molecule has 0 aromatic heterocycles. The third-order valence-electron chi connectivity index (χ3n) is 6.02. The first-order valence-electron chi connectivity index (χ1n) is 6.84. The van der Waals surface area contributed by atoms with Gasteiger partial charge < -0.3 is 5.11 Å². The van der Waals surface area contributed by atoms with Crippen molar-refractivity contribution in [1.29, 1.82) is 0 Å². The number of rotatable bonds is 2. The maximum absolute atomic E-state index is 11.3. The minimum atomic E-state index is -0.610. The molecule has 94 valence electrons. The van der Waals surface area contributed by atoms with E-state index in [9.17, 15) is 9.90 Å². The average molecular weight is 234 g/mol. The van der Waals surface area contributed by atoms with Crippen molar-refractivity contribution in [2.24, 2.45) is 40.9 Å². The molecule has 0 spiro atoms. The van der Waals surface area contributed by atoms with E-state index in [1.54, 1.807) is 0 Å². The molecule has 0 aromatic carbocycles. The van der Waals surface area contributed by atoms with E-state index in [2.05, 4.69) is 26.0 Å². The fourth-order valence-electron chi connectivity index (χ4n) is 5.27. The molecule has 0 radical (unpaired) electrons. The van der Waals surface area contributed by atoms with Crippen molar-refractivity contribution in [1.82, 2.24) is 0 Å². The second-order valence-electron chi connectivity index (χ2n) is 6.89. The summed E-state index contributed by atoms with van der Waals surface area (Å²) in [5, 5.41) is 9.27. The van der Waals surface area contributed by atoms with Crippen molar-refractivity contribution in [2.75, 3.05) is 0 Å². The van der Waals surface area contributed by atoms with Crippen molar-refractivity contribution in [3.05, 3.63) is 12.2 Å². The van der Waals surface area contributed by atoms with Gasteiger partial charge in [0.05, 0.1) is 5.92 Å². The van der Waals surface area contributed by atoms with E-state index in [-0.39, 0.29) is 5.92 Å². The van der Waals surface area contributed by atoms with Gasteiger partial charge in [-0.3, -0.25) is 4.79 Å². The minimum absolute atomic E-state index is 0.175. The van der Waals surface area contributed by atoms with Crippen LogP contribution in [0, 0.1) is 40.9 Å². The monoisotopic (exact) mass is 234 g/mol. The van der Waals surface area contributed by atoms with Gasteiger partial charge in [0, 0.05) is 0 Å². The van der Waals surface area contributed by atoms with Crippen LogP contribution < -0.4 is 0 Å². The van der Waals surface area contributed by atoms with E-state index in [4.69, 9.17) is 0 Å². The normalized spacial score (nSPS) is 47.1. The molecule has 3 aliphatic rings. The van der Waals surface area contributed by atoms with Crippen LogP contribution in [0.15, 0.2) is 12.2 Å². The first kappa shape index (κ1) is 11.3. The molecular weight excluding hydrogens is 212 g/mol. The lowest BCUT2D eigenvalue weighted by Crippen LogP contribution is -2.33. The Labute approximate surface area is 103 Å². The van der Waals surface area contributed by atoms with Crippen LogP contribution in [0.2, 0.25) is 0 Å². The third kappa shape index (κ3) is 1.30. The van der Waals surface area contributed by atoms with Gasteiger partial charge in [-0.1, -0.05) is 32.9 Å². The summed E-state index contributed by atoms with van der Waals surface area (Å²) in [5.74, 6) is 2.41. The molecule has 17 heavy (non-hydrogen) atoms. The quantitative estimate of drug-likeness (QED) is 0.745. The Morgan fingerprint density at radius 3 is 2.82 bits per heavy atom. The molecule has 0 heterocycles. The van der Waals surface area contributed by atoms with Crippen molar-refractivity contribution >= 4 is 5.97 Å². The van der Waals surface area contributed by atoms with E-state index >= 15 is 0 Å². The highest BCUT2D eigenvalue weighted by atomic mass is 16.4. The molecule has 6 unspecified atom stereocenters. The summed E-state index contributed by atoms with van der Waals surface area (Å²) in [6.45, 7) is 6.63. The summed E-state index contributed by atoms with van der Waals surface area (Å²) in [6, 6.07) is 0. The average Bonchev–Trinajstić information content (AvgIpc) is 2.85. The van der Waals surface area contributed by atoms with Gasteiger partial charge in [0.15, 0.2) is 0 Å². The summed E-state index contributed by atoms with van der Waals surface area (Å²) in [4.78, 5) is 11.3. The zero-order chi connectivity index (χ0) is 12.4. The fraction of sp³-hybridized carbons (Fsp3) is 0.800. The van der Waals surface area contributed by atoms with E-state index in [1.165, 1.54) is 6.42 Å². The van der Waals surface area contributed by atoms with Gasteiger partial charge in [-0.2, -0.15) is 0 Å². The molecule has 2 nitrogen and oxygen atoms in total. The van der Waals surface area contributed by atoms with Crippen molar-refractivity contribution in [2.45, 2.75) is 33.6 Å². The van der Waals surface area contributed by atoms with Crippen LogP contribution in [-0.2, 0) is 4.79 Å². The number of carboxylic acid groups (broad SMARTS) is 1. The van der Waals surface area contributed by atoms with Crippen LogP contribution in [-0.4, -0.2) is 11.1 Å². The molecule has 1 N–H and O–H groups in total. The summed E-state index contributed by atoms with van der Waals surface area (Å²) >= 11 is 0. The highest BCUT2D eigenvalue weighted by molar-refractivity contribution is 5.70. The Morgan fingerprint density at radius 2 is 2.18 bits per heavy atom. The van der Waals surface area contributed by atoms with Crippen LogP contribution >= 0.6 is 0 Å². The summed E-state index contributed by atoms with van der Waals surface area (Å²) in [6.07, 6.45) is 7.02. The fourth-order valence-corrected chi connectivity index (χ4v) is 5.27. The Bertz CT molecular complexity index is 382. The SMILES string of the molecule is CC(C(=O)O)C1CC2C3C=CCC3C1C2(C)C. The number of carboxylic acids is 1. The van der Waals surface area contributed by atoms with E-state index in [0.29, 0.717) is 23.2 Å². The summed E-state index contributed by atoms with van der Waals surface area (Å²) in [5.41, 5.74) is 0.342. The topological polar surface area (TPSA) is 37.3 Å². The van der Waals surface area contributed by atoms with Crippen LogP contribution in [0.1, 0.15) is 33.6 Å². The molecule has 0 aromatic rings. The minimum Gasteiger partial charge on any atom is -0.481 e. The predicted molar refractivity (Wildman–Crippen MR) is 66.4 cm³/mol. The van der Waals surface area contributed by atoms with Gasteiger partial charge >= 0.3 is 5.97 Å². The maximum Gasteiger partial charge on any atom is 0.306 e. The number of aliphatic carboxylic acids is 1. The van der Waals surface area contributed by atoms with Crippen LogP contribution in [0.3, 0.4) is 0 Å². The Kier molecular flexibility index (Phi) is 2.24. The van der Waals surface area contributed by atoms with Crippen molar-refractivity contribution in [3.63, 3.8) is 0 Å². The van der Waals surface area contributed by atoms with E-state index in [0.717, 1.165) is 18.3 Å². The van der Waals surface area contributed by atoms with E-state index < -0.39 is 5.97 Å². The Morgan fingerprint density at radius 1 is 1.47 bits per heavy atom. The van der Waals surface area contributed by atoms with Crippen LogP contribution in [0.5, 0.6) is 0 Å². The second kappa shape index (κ2) is 3.37. The number of carbonyl (C=O) groups is 1. The Balaban J connectivity index is 1.93. The lowest BCUT2D eigenvalue weighted by atomic mass is 9.70. The van der Waals surface area contributed by atoms with Crippen molar-refractivity contribution < 1.29 is 9.90 Å². The summed E-state index contributed by atoms with van der Waals surface area (Å²) < 4.78 is 0. The molecule has 0 saturated heterocycles. The largest absolute Gasteiger partial charge is 0.481 e. The van der Waals surface area contributed by atoms with Gasteiger partial charge in [-0.15, -0.1) is 0 Å². The molecule has 6 atom stereocenters. The van der Waals surface area contributed by atoms with Crippen LogP contribution in [0.25, 0.3) is 0 Å². The van der Waals surface area contributed by atoms with E-state index in [1.807, 2.05) is 6.92 Å². The number of allylic oxidation sites excluding steroid dienone is 2. The third-order valence-corrected chi connectivity index (χ3v) is 6.02. The zero-order valence-corrected chi connectivity index (χ0v) is 10.9. The summed E-state index contributed by atoms with van der Waals surface area (Å²) in [7, 11) is 0. The molecule has 2 bridgehead atoms. The number of hydrogen-bond acceptors (Lipinski definition) is 1. The van der Waals surface area contributed by atoms with Gasteiger partial charge in [0.2, 0.25) is 0 Å². The first-order valence-corrected chi connectivity index (χ1v) is 6.84. The van der Waals surface area contributed by atoms with Gasteiger partial charge in [0.25, 0.3) is 0 Å². The smallest absolute Gasteiger partial charge is 0.306 e. The highest BCUT2D eigenvalue weighted by Crippen LogP contribution is 2.69. The highest BCUT2D eigenvalue weighted by Gasteiger charge is 2.63. The van der Waals surface area contributed by atoms with Gasteiger partial charge in [-0.05, 0) is 47.8 Å². The molecule has 0 aliphatic heterocycles. The van der Waals surface area contributed by atoms with Gasteiger partial charge in [-0.25, -0.2) is 0 Å². The Hall–Kier alpha value is -0.790. The second-order valence-corrected chi connectivity index (χ2v) is 6.89. The lowest BCUT2D eigenvalue weighted by Gasteiger charge is -2.34. The van der Waals surface area contributed by atoms with Crippen molar-refractivity contribution in [3.8, 4) is 0 Å². The van der Waals surface area contributed by atoms with Crippen LogP contribution in [0.4, 0.5) is 0 Å². The maximum atomic E-state index is 11.3. The zero-order valence-electron chi connectivity index (χ0n) is 10.9. The predicted octanol–water partition coefficient (Wildman–Crippen LogP) is 3.19. The standard InChI is InChI=1S/C15H22O2/c1-8(14(16)17)11-7-12-9-5-4-6-10(9)13(11)15(12,2)3/h4-5,8-13H,6-7H2,1-3H3,(H,16,17). The number of hydrogen-bond donors (Lipinski definition) is 1. The molecule has 3 rings (SSSR count). The molecule has 2 saturated carbocycles. The lowest BCUT2D eigenvalue weighted by molar-refractivity contribution is -0.144. The van der Waals surface area contributed by atoms with Gasteiger partial charge in [0.1, 0.15) is 0 Å². The molecular formula is C15H22O2. The molecule has 2 fully saturated rings. The first-order chi connectivity index (χ1) is 7.94. The molecule has 3 aliphatic carbocycles. The molecule has 0 amide bonds. The number of fused-ring (bicyclic) bond motifs is 5.